The predicted molar refractivity (Wildman–Crippen MR) is 82.5 cm³/mol. The number of halogens is 3. The monoisotopic (exact) mass is 383 g/mol. The van der Waals surface area contributed by atoms with Gasteiger partial charge >= 0.3 is 12.1 Å². The van der Waals surface area contributed by atoms with Gasteiger partial charge in [-0.1, -0.05) is 6.07 Å². The summed E-state index contributed by atoms with van der Waals surface area (Å²) in [6.45, 7) is 0. The lowest BCUT2D eigenvalue weighted by Crippen LogP contribution is -2.40. The maximum absolute atomic E-state index is 11.5. The van der Waals surface area contributed by atoms with Crippen LogP contribution >= 0.6 is 0 Å². The van der Waals surface area contributed by atoms with Gasteiger partial charge in [0.15, 0.2) is 0 Å². The SMILES string of the molecule is CNC(=O)c1ccc2c(c1)N(C)C(S(N)(=O)=O)C2.O=C(O)C(F)(F)F. The molecule has 1 heterocycles. The Bertz CT molecular complexity index is 780. The summed E-state index contributed by atoms with van der Waals surface area (Å²) in [6.07, 6.45) is -4.74. The van der Waals surface area contributed by atoms with Crippen molar-refractivity contribution in [1.82, 2.24) is 5.32 Å². The zero-order valence-electron chi connectivity index (χ0n) is 13.2. The van der Waals surface area contributed by atoms with Crippen molar-refractivity contribution in [3.05, 3.63) is 29.3 Å². The number of primary sulfonamides is 1. The second kappa shape index (κ2) is 7.27. The lowest BCUT2D eigenvalue weighted by Gasteiger charge is -2.20. The average Bonchev–Trinajstić information content (AvgIpc) is 2.83. The van der Waals surface area contributed by atoms with Crippen LogP contribution < -0.4 is 15.4 Å². The van der Waals surface area contributed by atoms with Crippen molar-refractivity contribution < 1.29 is 36.3 Å². The lowest BCUT2D eigenvalue weighted by molar-refractivity contribution is -0.192. The largest absolute Gasteiger partial charge is 0.490 e. The van der Waals surface area contributed by atoms with Crippen molar-refractivity contribution in [1.29, 1.82) is 0 Å². The van der Waals surface area contributed by atoms with Gasteiger partial charge in [-0.3, -0.25) is 4.79 Å². The number of amides is 1. The van der Waals surface area contributed by atoms with Crippen LogP contribution in [0.25, 0.3) is 0 Å². The molecule has 4 N–H and O–H groups in total. The van der Waals surface area contributed by atoms with Crippen molar-refractivity contribution in [2.75, 3.05) is 19.0 Å². The number of nitrogens with one attached hydrogen (secondary N) is 1. The molecule has 0 saturated carbocycles. The van der Waals surface area contributed by atoms with Gasteiger partial charge in [-0.2, -0.15) is 13.2 Å². The number of nitrogens with two attached hydrogens (primary N) is 1. The van der Waals surface area contributed by atoms with Gasteiger partial charge in [0.2, 0.25) is 10.0 Å². The minimum atomic E-state index is -5.08. The number of aliphatic carboxylic acids is 1. The molecule has 1 unspecified atom stereocenters. The average molecular weight is 383 g/mol. The minimum absolute atomic E-state index is 0.203. The molecule has 25 heavy (non-hydrogen) atoms. The van der Waals surface area contributed by atoms with Crippen LogP contribution in [-0.4, -0.2) is 51.0 Å². The Labute approximate surface area is 141 Å². The van der Waals surface area contributed by atoms with E-state index >= 15 is 0 Å². The first-order valence-corrected chi connectivity index (χ1v) is 8.29. The number of hydrogen-bond donors (Lipinski definition) is 3. The van der Waals surface area contributed by atoms with Gasteiger partial charge in [-0.05, 0) is 17.7 Å². The molecule has 1 atom stereocenters. The molecule has 1 aromatic rings. The molecule has 8 nitrogen and oxygen atoms in total. The molecular weight excluding hydrogens is 367 g/mol. The first kappa shape index (κ1) is 20.7. The number of anilines is 1. The second-order valence-corrected chi connectivity index (χ2v) is 6.81. The van der Waals surface area contributed by atoms with Gasteiger partial charge in [-0.15, -0.1) is 0 Å². The lowest BCUT2D eigenvalue weighted by atomic mass is 10.1. The number of alkyl halides is 3. The molecule has 1 aliphatic rings. The predicted octanol–water partition coefficient (Wildman–Crippen LogP) is 0.286. The van der Waals surface area contributed by atoms with E-state index in [4.69, 9.17) is 15.0 Å². The summed E-state index contributed by atoms with van der Waals surface area (Å²) >= 11 is 0. The maximum atomic E-state index is 11.5. The zero-order valence-corrected chi connectivity index (χ0v) is 14.0. The van der Waals surface area contributed by atoms with Crippen LogP contribution in [0.4, 0.5) is 18.9 Å². The normalized spacial score (nSPS) is 16.6. The molecule has 0 radical (unpaired) electrons. The van der Waals surface area contributed by atoms with E-state index in [2.05, 4.69) is 5.32 Å². The second-order valence-electron chi connectivity index (χ2n) is 5.08. The van der Waals surface area contributed by atoms with Gasteiger partial charge in [0.25, 0.3) is 5.91 Å². The molecule has 0 spiro atoms. The van der Waals surface area contributed by atoms with Gasteiger partial charge in [0.05, 0.1) is 0 Å². The van der Waals surface area contributed by atoms with E-state index in [1.165, 1.54) is 0 Å². The Balaban J connectivity index is 0.000000381. The molecule has 1 aliphatic heterocycles. The highest BCUT2D eigenvalue weighted by Crippen LogP contribution is 2.33. The molecule has 1 aromatic carbocycles. The van der Waals surface area contributed by atoms with Crippen LogP contribution in [-0.2, 0) is 21.2 Å². The van der Waals surface area contributed by atoms with Crippen molar-refractivity contribution in [2.45, 2.75) is 18.0 Å². The number of fused-ring (bicyclic) bond motifs is 1. The van der Waals surface area contributed by atoms with E-state index in [0.29, 0.717) is 12.0 Å². The number of rotatable bonds is 2. The van der Waals surface area contributed by atoms with Crippen LogP contribution in [0.5, 0.6) is 0 Å². The van der Waals surface area contributed by atoms with Gasteiger partial charge in [-0.25, -0.2) is 18.4 Å². The fourth-order valence-electron chi connectivity index (χ4n) is 2.17. The summed E-state index contributed by atoms with van der Waals surface area (Å²) in [7, 11) is -0.423. The molecule has 0 aromatic heterocycles. The first-order valence-electron chi connectivity index (χ1n) is 6.68. The standard InChI is InChI=1S/C11H15N3O3S.C2HF3O2/c1-13-11(15)8-4-3-7-6-10(18(12,16)17)14(2)9(7)5-8;3-2(4,5)1(6)7/h3-5,10H,6H2,1-2H3,(H,13,15)(H2,12,16,17);(H,6,7). The number of carboxylic acid groups (broad SMARTS) is 1. The number of carbonyl (C=O) groups excluding carboxylic acids is 1. The number of benzene rings is 1. The Hall–Kier alpha value is -2.34. The van der Waals surface area contributed by atoms with E-state index in [9.17, 15) is 26.4 Å². The molecule has 0 aliphatic carbocycles. The number of carbonyl (C=O) groups is 2. The molecule has 12 heteroatoms. The summed E-state index contributed by atoms with van der Waals surface area (Å²) < 4.78 is 54.6. The van der Waals surface area contributed by atoms with Crippen molar-refractivity contribution in [3.8, 4) is 0 Å². The highest BCUT2D eigenvalue weighted by Gasteiger charge is 2.38. The maximum Gasteiger partial charge on any atom is 0.490 e. The Morgan fingerprint density at radius 1 is 1.36 bits per heavy atom. The quantitative estimate of drug-likeness (QED) is 0.673. The smallest absolute Gasteiger partial charge is 0.475 e. The van der Waals surface area contributed by atoms with Crippen LogP contribution in [0.3, 0.4) is 0 Å². The number of hydrogen-bond acceptors (Lipinski definition) is 5. The van der Waals surface area contributed by atoms with Crippen molar-refractivity contribution >= 4 is 27.6 Å². The Kier molecular flexibility index (Phi) is 6.02. The molecule has 140 valence electrons. The van der Waals surface area contributed by atoms with Crippen LogP contribution in [0, 0.1) is 0 Å². The molecule has 0 saturated heterocycles. The van der Waals surface area contributed by atoms with Gasteiger partial charge < -0.3 is 15.3 Å². The zero-order chi connectivity index (χ0) is 19.6. The number of likely N-dealkylation sites (N-methyl/N-ethyl adjacent to an activating group) is 1. The summed E-state index contributed by atoms with van der Waals surface area (Å²) in [5.41, 5.74) is 2.11. The highest BCUT2D eigenvalue weighted by atomic mass is 32.2. The Morgan fingerprint density at radius 2 is 1.88 bits per heavy atom. The molecule has 0 fully saturated rings. The van der Waals surface area contributed by atoms with Crippen molar-refractivity contribution in [2.24, 2.45) is 5.14 Å². The third kappa shape index (κ3) is 5.06. The van der Waals surface area contributed by atoms with E-state index in [1.54, 1.807) is 37.2 Å². The number of sulfonamides is 1. The molecule has 2 rings (SSSR count). The van der Waals surface area contributed by atoms with E-state index in [0.717, 1.165) is 11.3 Å². The third-order valence-electron chi connectivity index (χ3n) is 3.40. The van der Waals surface area contributed by atoms with Crippen molar-refractivity contribution in [3.63, 3.8) is 0 Å². The van der Waals surface area contributed by atoms with E-state index in [-0.39, 0.29) is 5.91 Å². The number of nitrogens with zero attached hydrogens (tertiary/aromatic N) is 1. The van der Waals surface area contributed by atoms with Gasteiger partial charge in [0, 0.05) is 31.8 Å². The fraction of sp³-hybridized carbons (Fsp3) is 0.385. The van der Waals surface area contributed by atoms with Gasteiger partial charge in [0.1, 0.15) is 5.37 Å². The van der Waals surface area contributed by atoms with E-state index < -0.39 is 27.5 Å². The highest BCUT2D eigenvalue weighted by molar-refractivity contribution is 7.89. The third-order valence-corrected chi connectivity index (χ3v) is 4.64. The van der Waals surface area contributed by atoms with Crippen LogP contribution in [0.15, 0.2) is 18.2 Å². The minimum Gasteiger partial charge on any atom is -0.475 e. The molecular formula is C13H16F3N3O5S. The van der Waals surface area contributed by atoms with Crippen LogP contribution in [0.1, 0.15) is 15.9 Å². The molecule has 0 bridgehead atoms. The summed E-state index contributed by atoms with van der Waals surface area (Å²) in [4.78, 5) is 22.0. The topological polar surface area (TPSA) is 130 Å². The summed E-state index contributed by atoms with van der Waals surface area (Å²) in [5.74, 6) is -2.96. The van der Waals surface area contributed by atoms with E-state index in [1.807, 2.05) is 0 Å². The summed E-state index contributed by atoms with van der Waals surface area (Å²) in [6, 6.07) is 5.12. The Morgan fingerprint density at radius 3 is 2.28 bits per heavy atom. The number of carboxylic acids is 1. The molecule has 1 amide bonds. The van der Waals surface area contributed by atoms with Crippen LogP contribution in [0.2, 0.25) is 0 Å². The fourth-order valence-corrected chi connectivity index (χ4v) is 3.13. The summed E-state index contributed by atoms with van der Waals surface area (Å²) in [5, 5.41) is 14.1. The first-order chi connectivity index (χ1) is 11.3.